The lowest BCUT2D eigenvalue weighted by atomic mass is 10.1. The van der Waals surface area contributed by atoms with E-state index in [1.165, 1.54) is 12.1 Å². The minimum absolute atomic E-state index is 0.480. The number of nitrogens with one attached hydrogen (secondary N) is 2. The first-order valence-corrected chi connectivity index (χ1v) is 6.10. The van der Waals surface area contributed by atoms with E-state index in [1.54, 1.807) is 11.3 Å². The van der Waals surface area contributed by atoms with Crippen molar-refractivity contribution in [1.82, 2.24) is 10.3 Å². The van der Waals surface area contributed by atoms with Gasteiger partial charge in [-0.15, -0.1) is 11.3 Å². The van der Waals surface area contributed by atoms with Crippen molar-refractivity contribution in [3.63, 3.8) is 0 Å². The number of hydrogen-bond acceptors (Lipinski definition) is 4. The van der Waals surface area contributed by atoms with E-state index in [-0.39, 0.29) is 0 Å². The normalized spacial score (nSPS) is 26.7. The summed E-state index contributed by atoms with van der Waals surface area (Å²) in [6.45, 7) is 6.45. The molecule has 0 unspecified atom stereocenters. The molecule has 2 atom stereocenters. The number of rotatable bonds is 3. The van der Waals surface area contributed by atoms with Crippen molar-refractivity contribution in [3.8, 4) is 0 Å². The molecule has 1 saturated heterocycles. The highest BCUT2D eigenvalue weighted by Gasteiger charge is 2.23. The van der Waals surface area contributed by atoms with Crippen molar-refractivity contribution in [2.45, 2.75) is 26.3 Å². The summed E-state index contributed by atoms with van der Waals surface area (Å²) < 4.78 is 0. The van der Waals surface area contributed by atoms with E-state index in [0.29, 0.717) is 6.04 Å². The SMILES string of the molecule is CCNc1nc([C@H]2C[C@@H](C)CN2)cs1. The van der Waals surface area contributed by atoms with Crippen LogP contribution in [0.15, 0.2) is 5.38 Å². The molecule has 0 saturated carbocycles. The summed E-state index contributed by atoms with van der Waals surface area (Å²) in [5.74, 6) is 0.782. The average molecular weight is 211 g/mol. The third kappa shape index (κ3) is 2.07. The largest absolute Gasteiger partial charge is 0.362 e. The lowest BCUT2D eigenvalue weighted by Crippen LogP contribution is -2.13. The van der Waals surface area contributed by atoms with Crippen molar-refractivity contribution in [2.75, 3.05) is 18.4 Å². The molecule has 1 aromatic rings. The van der Waals surface area contributed by atoms with Crippen LogP contribution in [0, 0.1) is 5.92 Å². The molecule has 4 heteroatoms. The first-order valence-electron chi connectivity index (χ1n) is 5.22. The summed E-state index contributed by atoms with van der Waals surface area (Å²) in [6, 6.07) is 0.480. The maximum atomic E-state index is 4.56. The lowest BCUT2D eigenvalue weighted by molar-refractivity contribution is 0.602. The number of hydrogen-bond donors (Lipinski definition) is 2. The zero-order chi connectivity index (χ0) is 9.97. The second-order valence-electron chi connectivity index (χ2n) is 3.91. The third-order valence-electron chi connectivity index (χ3n) is 2.56. The smallest absolute Gasteiger partial charge is 0.182 e. The average Bonchev–Trinajstić information content (AvgIpc) is 2.74. The fourth-order valence-electron chi connectivity index (χ4n) is 1.82. The van der Waals surface area contributed by atoms with Crippen molar-refractivity contribution in [3.05, 3.63) is 11.1 Å². The van der Waals surface area contributed by atoms with Gasteiger partial charge in [0.25, 0.3) is 0 Å². The summed E-state index contributed by atoms with van der Waals surface area (Å²) in [5, 5.41) is 9.94. The van der Waals surface area contributed by atoms with Gasteiger partial charge in [0.2, 0.25) is 0 Å². The molecule has 0 bridgehead atoms. The van der Waals surface area contributed by atoms with Crippen molar-refractivity contribution < 1.29 is 0 Å². The van der Waals surface area contributed by atoms with Crippen LogP contribution in [0.5, 0.6) is 0 Å². The molecule has 0 aliphatic carbocycles. The van der Waals surface area contributed by atoms with E-state index in [1.807, 2.05) is 0 Å². The molecule has 2 rings (SSSR count). The topological polar surface area (TPSA) is 37.0 Å². The summed E-state index contributed by atoms with van der Waals surface area (Å²) in [6.07, 6.45) is 1.22. The monoisotopic (exact) mass is 211 g/mol. The van der Waals surface area contributed by atoms with E-state index in [2.05, 4.69) is 34.8 Å². The van der Waals surface area contributed by atoms with Gasteiger partial charge < -0.3 is 10.6 Å². The summed E-state index contributed by atoms with van der Waals surface area (Å²) in [7, 11) is 0. The Morgan fingerprint density at radius 1 is 1.71 bits per heavy atom. The summed E-state index contributed by atoms with van der Waals surface area (Å²) in [5.41, 5.74) is 1.20. The highest BCUT2D eigenvalue weighted by molar-refractivity contribution is 7.13. The molecule has 2 heterocycles. The fraction of sp³-hybridized carbons (Fsp3) is 0.700. The first-order chi connectivity index (χ1) is 6.79. The van der Waals surface area contributed by atoms with Gasteiger partial charge >= 0.3 is 0 Å². The minimum atomic E-state index is 0.480. The molecule has 2 N–H and O–H groups in total. The van der Waals surface area contributed by atoms with Crippen LogP contribution in [-0.4, -0.2) is 18.1 Å². The van der Waals surface area contributed by atoms with Crippen LogP contribution in [0.2, 0.25) is 0 Å². The van der Waals surface area contributed by atoms with Gasteiger partial charge in [-0.2, -0.15) is 0 Å². The van der Waals surface area contributed by atoms with Crippen LogP contribution >= 0.6 is 11.3 Å². The van der Waals surface area contributed by atoms with Crippen LogP contribution in [0.3, 0.4) is 0 Å². The van der Waals surface area contributed by atoms with E-state index in [0.717, 1.165) is 24.1 Å². The predicted molar refractivity (Wildman–Crippen MR) is 60.8 cm³/mol. The summed E-state index contributed by atoms with van der Waals surface area (Å²) in [4.78, 5) is 4.56. The maximum Gasteiger partial charge on any atom is 0.182 e. The Morgan fingerprint density at radius 2 is 2.57 bits per heavy atom. The molecule has 0 spiro atoms. The maximum absolute atomic E-state index is 4.56. The third-order valence-corrected chi connectivity index (χ3v) is 3.38. The van der Waals surface area contributed by atoms with Crippen LogP contribution < -0.4 is 10.6 Å². The van der Waals surface area contributed by atoms with Crippen LogP contribution in [0.1, 0.15) is 32.0 Å². The van der Waals surface area contributed by atoms with Gasteiger partial charge in [-0.3, -0.25) is 0 Å². The Balaban J connectivity index is 2.02. The predicted octanol–water partition coefficient (Wildman–Crippen LogP) is 2.25. The first kappa shape index (κ1) is 9.93. The lowest BCUT2D eigenvalue weighted by Gasteiger charge is -2.05. The van der Waals surface area contributed by atoms with Crippen LogP contribution in [-0.2, 0) is 0 Å². The van der Waals surface area contributed by atoms with Gasteiger partial charge in [-0.05, 0) is 25.8 Å². The number of aromatic nitrogens is 1. The molecular weight excluding hydrogens is 194 g/mol. The van der Waals surface area contributed by atoms with Crippen molar-refractivity contribution in [1.29, 1.82) is 0 Å². The van der Waals surface area contributed by atoms with E-state index >= 15 is 0 Å². The Morgan fingerprint density at radius 3 is 3.21 bits per heavy atom. The molecular formula is C10H17N3S. The molecule has 14 heavy (non-hydrogen) atoms. The second-order valence-corrected chi connectivity index (χ2v) is 4.77. The van der Waals surface area contributed by atoms with Gasteiger partial charge in [0.15, 0.2) is 5.13 Å². The van der Waals surface area contributed by atoms with E-state index < -0.39 is 0 Å². The Kier molecular flexibility index (Phi) is 3.03. The molecule has 1 aliphatic heterocycles. The van der Waals surface area contributed by atoms with Gasteiger partial charge in [-0.25, -0.2) is 4.98 Å². The molecule has 78 valence electrons. The van der Waals surface area contributed by atoms with Crippen LogP contribution in [0.25, 0.3) is 0 Å². The molecule has 1 aliphatic rings. The van der Waals surface area contributed by atoms with Crippen LogP contribution in [0.4, 0.5) is 5.13 Å². The Hall–Kier alpha value is -0.610. The molecule has 1 fully saturated rings. The molecule has 1 aromatic heterocycles. The standard InChI is InChI=1S/C10H17N3S/c1-3-11-10-13-9(6-14-10)8-4-7(2)5-12-8/h6-8,12H,3-5H2,1-2H3,(H,11,13)/t7-,8-/m1/s1. The second kappa shape index (κ2) is 4.28. The zero-order valence-electron chi connectivity index (χ0n) is 8.71. The highest BCUT2D eigenvalue weighted by Crippen LogP contribution is 2.28. The minimum Gasteiger partial charge on any atom is -0.362 e. The Bertz CT molecular complexity index is 297. The van der Waals surface area contributed by atoms with Gasteiger partial charge in [0, 0.05) is 11.9 Å². The van der Waals surface area contributed by atoms with Crippen molar-refractivity contribution in [2.24, 2.45) is 5.92 Å². The molecule has 0 amide bonds. The zero-order valence-corrected chi connectivity index (χ0v) is 9.53. The Labute approximate surface area is 88.9 Å². The fourth-order valence-corrected chi connectivity index (χ4v) is 2.65. The number of nitrogens with zero attached hydrogens (tertiary/aromatic N) is 1. The highest BCUT2D eigenvalue weighted by atomic mass is 32.1. The van der Waals surface area contributed by atoms with Gasteiger partial charge in [0.05, 0.1) is 11.7 Å². The van der Waals surface area contributed by atoms with E-state index in [9.17, 15) is 0 Å². The quantitative estimate of drug-likeness (QED) is 0.805. The van der Waals surface area contributed by atoms with Gasteiger partial charge in [-0.1, -0.05) is 6.92 Å². The van der Waals surface area contributed by atoms with Gasteiger partial charge in [0.1, 0.15) is 0 Å². The van der Waals surface area contributed by atoms with Crippen molar-refractivity contribution >= 4 is 16.5 Å². The molecule has 3 nitrogen and oxygen atoms in total. The molecule has 0 aromatic carbocycles. The van der Waals surface area contributed by atoms with E-state index in [4.69, 9.17) is 0 Å². The summed E-state index contributed by atoms with van der Waals surface area (Å²) >= 11 is 1.70. The number of thiazole rings is 1. The number of anilines is 1. The molecule has 0 radical (unpaired) electrons.